The highest BCUT2D eigenvalue weighted by Gasteiger charge is 3.07. The van der Waals surface area contributed by atoms with Crippen molar-refractivity contribution in [3.63, 3.8) is 0 Å². The summed E-state index contributed by atoms with van der Waals surface area (Å²) in [5.41, 5.74) is -15.1. The number of hydrogen-bond acceptors (Lipinski definition) is 18. The van der Waals surface area contributed by atoms with Crippen molar-refractivity contribution >= 4 is 35.8 Å². The molecule has 1 aromatic rings. The van der Waals surface area contributed by atoms with Gasteiger partial charge in [-0.15, -0.1) is 0 Å². The van der Waals surface area contributed by atoms with E-state index in [2.05, 4.69) is 0 Å². The van der Waals surface area contributed by atoms with E-state index in [1.54, 1.807) is 48.5 Å². The minimum Gasteiger partial charge on any atom is -0.511 e. The van der Waals surface area contributed by atoms with E-state index in [9.17, 15) is 39.0 Å². The van der Waals surface area contributed by atoms with Crippen LogP contribution in [0.25, 0.3) is 0 Å². The van der Waals surface area contributed by atoms with Crippen molar-refractivity contribution < 1.29 is 86.0 Å². The predicted molar refractivity (Wildman–Crippen MR) is 205 cm³/mol. The summed E-state index contributed by atoms with van der Waals surface area (Å²) >= 11 is 0. The van der Waals surface area contributed by atoms with Crippen LogP contribution >= 0.6 is 0 Å². The van der Waals surface area contributed by atoms with Gasteiger partial charge < -0.3 is 57.3 Å². The molecule has 0 amide bonds. The summed E-state index contributed by atoms with van der Waals surface area (Å²) in [6.45, 7) is 16.3. The van der Waals surface area contributed by atoms with Gasteiger partial charge >= 0.3 is 35.8 Å². The fraction of sp³-hybridized carbons (Fsp3) is 0.727. The molecule has 4 aliphatic carbocycles. The van der Waals surface area contributed by atoms with Gasteiger partial charge in [-0.25, -0.2) is 4.79 Å². The van der Waals surface area contributed by atoms with Crippen LogP contribution in [-0.2, 0) is 71.4 Å². The van der Waals surface area contributed by atoms with Crippen molar-refractivity contribution in [3.05, 3.63) is 35.5 Å². The average Bonchev–Trinajstić information content (AvgIpc) is 3.88. The van der Waals surface area contributed by atoms with E-state index in [1.165, 1.54) is 32.6 Å². The molecule has 2 N–H and O–H groups in total. The maximum absolute atomic E-state index is 15.0. The third-order valence-corrected chi connectivity index (χ3v) is 15.8. The summed E-state index contributed by atoms with van der Waals surface area (Å²) in [5.74, 6) is -12.3. The first kappa shape index (κ1) is 44.1. The lowest BCUT2D eigenvalue weighted by molar-refractivity contribution is -0.490. The Bertz CT molecular complexity index is 2160. The maximum atomic E-state index is 15.0. The molecule has 4 bridgehead atoms. The zero-order valence-corrected chi connectivity index (χ0v) is 37.0. The van der Waals surface area contributed by atoms with Crippen LogP contribution in [0.4, 0.5) is 0 Å². The van der Waals surface area contributed by atoms with Crippen molar-refractivity contribution in [1.82, 2.24) is 0 Å². The van der Waals surface area contributed by atoms with Crippen LogP contribution in [0.3, 0.4) is 0 Å². The molecule has 7 fully saturated rings. The van der Waals surface area contributed by atoms with E-state index in [4.69, 9.17) is 47.0 Å². The van der Waals surface area contributed by atoms with E-state index in [1.807, 2.05) is 0 Å². The van der Waals surface area contributed by atoms with Crippen molar-refractivity contribution in [2.45, 2.75) is 154 Å². The van der Waals surface area contributed by atoms with Crippen molar-refractivity contribution in [2.24, 2.45) is 39.9 Å². The fourth-order valence-electron chi connectivity index (χ4n) is 13.9. The van der Waals surface area contributed by atoms with Gasteiger partial charge in [-0.05, 0) is 24.8 Å². The van der Waals surface area contributed by atoms with Gasteiger partial charge in [0.05, 0.1) is 36.5 Å². The molecule has 2 spiro atoms. The molecule has 18 heteroatoms. The first-order valence-electron chi connectivity index (χ1n) is 21.1. The molecule has 4 heterocycles. The van der Waals surface area contributed by atoms with Gasteiger partial charge in [-0.3, -0.25) is 24.0 Å². The lowest BCUT2D eigenvalue weighted by Gasteiger charge is -2.78. The molecule has 1 unspecified atom stereocenters. The van der Waals surface area contributed by atoms with Crippen molar-refractivity contribution in [2.75, 3.05) is 7.11 Å². The first-order chi connectivity index (χ1) is 28.8. The van der Waals surface area contributed by atoms with Crippen LogP contribution in [0.2, 0.25) is 0 Å². The number of ether oxygens (including phenoxy) is 9. The molecule has 3 aliphatic heterocycles. The Morgan fingerprint density at radius 1 is 0.887 bits per heavy atom. The zero-order valence-electron chi connectivity index (χ0n) is 37.0. The predicted octanol–water partition coefficient (Wildman–Crippen LogP) is 4.06. The topological polar surface area (TPSA) is 239 Å². The van der Waals surface area contributed by atoms with Gasteiger partial charge in [0.2, 0.25) is 0 Å². The summed E-state index contributed by atoms with van der Waals surface area (Å²) in [5, 5.41) is 26.7. The molecule has 0 radical (unpaired) electrons. The van der Waals surface area contributed by atoms with Crippen molar-refractivity contribution in [1.29, 1.82) is 0 Å². The largest absolute Gasteiger partial charge is 0.511 e. The quantitative estimate of drug-likeness (QED) is 0.146. The lowest BCUT2D eigenvalue weighted by Crippen LogP contribution is -2.97. The molecule has 18 nitrogen and oxygen atoms in total. The minimum absolute atomic E-state index is 0.183. The van der Waals surface area contributed by atoms with E-state index in [0.29, 0.717) is 6.42 Å². The number of carbonyl (C=O) groups excluding carboxylic acids is 6. The number of methoxy groups -OCH3 is 1. The summed E-state index contributed by atoms with van der Waals surface area (Å²) in [6, 6.07) is 1.51. The average molecular weight is 873 g/mol. The number of rotatable bonds is 10. The monoisotopic (exact) mass is 872 g/mol. The second-order valence-corrected chi connectivity index (χ2v) is 19.3. The van der Waals surface area contributed by atoms with Crippen LogP contribution in [0, 0.1) is 39.9 Å². The van der Waals surface area contributed by atoms with Crippen LogP contribution in [0.1, 0.15) is 107 Å². The maximum Gasteiger partial charge on any atom is 0.338 e. The molecule has 340 valence electrons. The molecule has 8 rings (SSSR count). The number of furan rings is 1. The standard InChI is InChI=1S/C44H56O18/c1-13-20(4)33(50)59-35-37(8)18-41-39(10,25(37)16-26(48)53-12)44-32(56-22(6)46)31(55-21(5)45)38(9)29(27(28(49)19(2)3)34(51)58-30(38)24-14-15-54-17-24)43(44,61-40(11,60-41)62-44)36(42(35,41)52)57-23(7)47/h14-15,17,19-20,25,29-32,35-36,49,52H,13,16,18H2,1-12H3/b28-27-/t20?,25-,29+,30-,31-,32+,35-,36+,37-,38+,39+,40+,41+,42-,43+,44-/m0/s1. The Morgan fingerprint density at radius 2 is 1.52 bits per heavy atom. The highest BCUT2D eigenvalue weighted by Crippen LogP contribution is 2.90. The number of cyclic esters (lactones) is 1. The Kier molecular flexibility index (Phi) is 9.60. The minimum atomic E-state index is -2.63. The normalized spacial score (nSPS) is 46.5. The van der Waals surface area contributed by atoms with Gasteiger partial charge in [-0.1, -0.05) is 48.5 Å². The SMILES string of the molecule is CCC(C)C(=O)O[C@H]1[C@@]2(C)C[C@@]34O[C@]5(C)O[C@]6([C@@H]7/C(=C(/O)C(C)C)C(=O)O[C@@H](c8ccoc8)[C@]7(C)[C@@H](OC(C)=O)[C@@H](OC(C)=O)[C@]6(O5)[C@]3(C)[C@H]2CC(=O)OC)[C@H](OC(C)=O)[C@@]14O. The molecular weight excluding hydrogens is 816 g/mol. The molecule has 62 heavy (non-hydrogen) atoms. The van der Waals surface area contributed by atoms with Crippen LogP contribution < -0.4 is 0 Å². The lowest BCUT2D eigenvalue weighted by atomic mass is 9.32. The highest BCUT2D eigenvalue weighted by molar-refractivity contribution is 5.92. The number of fused-ring (bicyclic) bond motifs is 3. The Hall–Kier alpha value is -4.52. The highest BCUT2D eigenvalue weighted by atomic mass is 16.9. The van der Waals surface area contributed by atoms with Crippen molar-refractivity contribution in [3.8, 4) is 0 Å². The molecular formula is C44H56O18. The molecule has 4 saturated carbocycles. The smallest absolute Gasteiger partial charge is 0.338 e. The molecule has 0 aromatic carbocycles. The number of aliphatic hydroxyl groups is 2. The molecule has 16 atom stereocenters. The number of allylic oxidation sites excluding steroid dienone is 1. The number of carbonyl (C=O) groups is 6. The summed E-state index contributed by atoms with van der Waals surface area (Å²) in [4.78, 5) is 84.2. The van der Waals surface area contributed by atoms with E-state index in [-0.39, 0.29) is 12.0 Å². The number of hydrogen-bond donors (Lipinski definition) is 2. The van der Waals surface area contributed by atoms with Gasteiger partial charge in [0.1, 0.15) is 23.6 Å². The number of esters is 6. The van der Waals surface area contributed by atoms with E-state index >= 15 is 0 Å². The van der Waals surface area contributed by atoms with Gasteiger partial charge in [0.25, 0.3) is 5.97 Å². The summed E-state index contributed by atoms with van der Waals surface area (Å²) in [6.07, 6.45) is -6.31. The second kappa shape index (κ2) is 13.5. The fourth-order valence-corrected chi connectivity index (χ4v) is 13.9. The van der Waals surface area contributed by atoms with Crippen LogP contribution in [0.15, 0.2) is 34.3 Å². The van der Waals surface area contributed by atoms with E-state index < -0.39 is 152 Å². The summed E-state index contributed by atoms with van der Waals surface area (Å²) < 4.78 is 64.3. The van der Waals surface area contributed by atoms with E-state index in [0.717, 1.165) is 20.8 Å². The Morgan fingerprint density at radius 3 is 2.06 bits per heavy atom. The molecule has 1 aromatic heterocycles. The second-order valence-electron chi connectivity index (χ2n) is 19.3. The van der Waals surface area contributed by atoms with Gasteiger partial charge in [0, 0.05) is 62.3 Å². The summed E-state index contributed by atoms with van der Waals surface area (Å²) in [7, 11) is 1.20. The third-order valence-electron chi connectivity index (χ3n) is 15.8. The van der Waals surface area contributed by atoms with Gasteiger partial charge in [0.15, 0.2) is 35.1 Å². The number of aliphatic hydroxyl groups excluding tert-OH is 1. The van der Waals surface area contributed by atoms with Crippen LogP contribution in [-0.4, -0.2) is 106 Å². The van der Waals surface area contributed by atoms with Crippen LogP contribution in [0.5, 0.6) is 0 Å². The molecule has 7 aliphatic rings. The first-order valence-corrected chi connectivity index (χ1v) is 21.1. The zero-order chi connectivity index (χ0) is 45.7. The Labute approximate surface area is 358 Å². The van der Waals surface area contributed by atoms with Gasteiger partial charge in [-0.2, -0.15) is 0 Å². The third kappa shape index (κ3) is 4.84. The molecule has 3 saturated heterocycles. The Balaban J connectivity index is 1.62.